The highest BCUT2D eigenvalue weighted by Gasteiger charge is 2.09. The van der Waals surface area contributed by atoms with Crippen LogP contribution in [0.5, 0.6) is 0 Å². The molecule has 0 bridgehead atoms. The van der Waals surface area contributed by atoms with Crippen molar-refractivity contribution in [2.75, 3.05) is 5.32 Å². The molecule has 2 aromatic rings. The van der Waals surface area contributed by atoms with Gasteiger partial charge in [-0.15, -0.1) is 0 Å². The van der Waals surface area contributed by atoms with Crippen LogP contribution in [0.25, 0.3) is 6.08 Å². The van der Waals surface area contributed by atoms with Gasteiger partial charge in [0.05, 0.1) is 0 Å². The lowest BCUT2D eigenvalue weighted by molar-refractivity contribution is 0.0978. The lowest BCUT2D eigenvalue weighted by atomic mass is 10.1. The van der Waals surface area contributed by atoms with Crippen LogP contribution in [0.15, 0.2) is 48.5 Å². The summed E-state index contributed by atoms with van der Waals surface area (Å²) in [5.41, 5.74) is 3.51. The van der Waals surface area contributed by atoms with E-state index in [1.54, 1.807) is 24.3 Å². The van der Waals surface area contributed by atoms with E-state index in [1.807, 2.05) is 44.2 Å². The maximum Gasteiger partial charge on any atom is 0.257 e. The van der Waals surface area contributed by atoms with E-state index in [9.17, 15) is 4.79 Å². The molecular formula is C18H17ClN2OS. The predicted molar refractivity (Wildman–Crippen MR) is 101 cm³/mol. The summed E-state index contributed by atoms with van der Waals surface area (Å²) in [6.07, 6.45) is 3.96. The van der Waals surface area contributed by atoms with Gasteiger partial charge in [-0.1, -0.05) is 35.9 Å². The largest absolute Gasteiger partial charge is 0.332 e. The molecule has 118 valence electrons. The molecule has 2 aromatic carbocycles. The first kappa shape index (κ1) is 17.2. The maximum atomic E-state index is 12.1. The fourth-order valence-corrected chi connectivity index (χ4v) is 2.44. The van der Waals surface area contributed by atoms with E-state index in [0.717, 1.165) is 16.8 Å². The van der Waals surface area contributed by atoms with Crippen molar-refractivity contribution >= 4 is 46.6 Å². The number of nitrogens with one attached hydrogen (secondary N) is 2. The molecular weight excluding hydrogens is 328 g/mol. The molecule has 0 aliphatic heterocycles. The van der Waals surface area contributed by atoms with Crippen LogP contribution in [-0.4, -0.2) is 11.0 Å². The van der Waals surface area contributed by atoms with Gasteiger partial charge >= 0.3 is 0 Å². The number of amides is 1. The number of carbonyl (C=O) groups excluding carboxylic acids is 1. The Bertz CT molecular complexity index is 754. The highest BCUT2D eigenvalue weighted by atomic mass is 35.5. The van der Waals surface area contributed by atoms with Gasteiger partial charge in [-0.3, -0.25) is 10.1 Å². The standard InChI is InChI=1S/C18H17ClN2OS/c1-3-5-15-12(2)6-4-7-16(15)20-18(23)21-17(22)13-8-10-14(19)11-9-13/h3-11H,1-2H3,(H2,20,21,22,23)/b5-3-. The summed E-state index contributed by atoms with van der Waals surface area (Å²) in [5.74, 6) is -0.278. The van der Waals surface area contributed by atoms with Crippen molar-refractivity contribution < 1.29 is 4.79 Å². The molecule has 0 radical (unpaired) electrons. The third kappa shape index (κ3) is 4.65. The third-order valence-corrected chi connectivity index (χ3v) is 3.70. The topological polar surface area (TPSA) is 41.1 Å². The van der Waals surface area contributed by atoms with Crippen LogP contribution in [-0.2, 0) is 0 Å². The first-order chi connectivity index (χ1) is 11.0. The van der Waals surface area contributed by atoms with Gasteiger partial charge in [-0.2, -0.15) is 0 Å². The van der Waals surface area contributed by atoms with E-state index in [0.29, 0.717) is 10.6 Å². The molecule has 5 heteroatoms. The monoisotopic (exact) mass is 344 g/mol. The summed E-state index contributed by atoms with van der Waals surface area (Å²) in [7, 11) is 0. The van der Waals surface area contributed by atoms with Gasteiger partial charge in [0.1, 0.15) is 0 Å². The zero-order chi connectivity index (χ0) is 16.8. The second-order valence-electron chi connectivity index (χ2n) is 4.95. The van der Waals surface area contributed by atoms with E-state index in [1.165, 1.54) is 0 Å². The highest BCUT2D eigenvalue weighted by Crippen LogP contribution is 2.21. The van der Waals surface area contributed by atoms with Crippen LogP contribution >= 0.6 is 23.8 Å². The van der Waals surface area contributed by atoms with Crippen LogP contribution in [0.1, 0.15) is 28.4 Å². The zero-order valence-corrected chi connectivity index (χ0v) is 14.5. The second kappa shape index (κ2) is 7.90. The van der Waals surface area contributed by atoms with Gasteiger partial charge < -0.3 is 5.32 Å². The summed E-state index contributed by atoms with van der Waals surface area (Å²) in [5, 5.41) is 6.57. The van der Waals surface area contributed by atoms with E-state index in [2.05, 4.69) is 10.6 Å². The van der Waals surface area contributed by atoms with Crippen LogP contribution < -0.4 is 10.6 Å². The van der Waals surface area contributed by atoms with Gasteiger partial charge in [-0.05, 0) is 62.0 Å². The SMILES string of the molecule is C/C=C\c1c(C)cccc1NC(=S)NC(=O)c1ccc(Cl)cc1. The Hall–Kier alpha value is -2.17. The number of aryl methyl sites for hydroxylation is 1. The summed E-state index contributed by atoms with van der Waals surface area (Å²) < 4.78 is 0. The highest BCUT2D eigenvalue weighted by molar-refractivity contribution is 7.80. The Labute approximate surface area is 146 Å². The van der Waals surface area contributed by atoms with Crippen LogP contribution in [0.2, 0.25) is 5.02 Å². The number of hydrogen-bond acceptors (Lipinski definition) is 2. The number of thiocarbonyl (C=S) groups is 1. The average Bonchev–Trinajstić information content (AvgIpc) is 2.51. The first-order valence-electron chi connectivity index (χ1n) is 7.11. The van der Waals surface area contributed by atoms with Gasteiger partial charge in [-0.25, -0.2) is 0 Å². The minimum atomic E-state index is -0.278. The summed E-state index contributed by atoms with van der Waals surface area (Å²) in [6, 6.07) is 12.5. The molecule has 2 rings (SSSR count). The second-order valence-corrected chi connectivity index (χ2v) is 5.80. The number of benzene rings is 2. The van der Waals surface area contributed by atoms with E-state index in [-0.39, 0.29) is 11.0 Å². The number of carbonyl (C=O) groups is 1. The molecule has 0 saturated carbocycles. The van der Waals surface area contributed by atoms with Crippen molar-refractivity contribution in [3.8, 4) is 0 Å². The van der Waals surface area contributed by atoms with Crippen LogP contribution in [0.3, 0.4) is 0 Å². The van der Waals surface area contributed by atoms with Crippen LogP contribution in [0, 0.1) is 6.92 Å². The number of hydrogen-bond donors (Lipinski definition) is 2. The maximum absolute atomic E-state index is 12.1. The summed E-state index contributed by atoms with van der Waals surface area (Å²) in [6.45, 7) is 3.98. The number of allylic oxidation sites excluding steroid dienone is 1. The van der Waals surface area contributed by atoms with Crippen molar-refractivity contribution in [1.82, 2.24) is 5.32 Å². The molecule has 0 aromatic heterocycles. The molecule has 1 amide bonds. The molecule has 23 heavy (non-hydrogen) atoms. The van der Waals surface area contributed by atoms with Crippen molar-refractivity contribution in [3.05, 3.63) is 70.3 Å². The lowest BCUT2D eigenvalue weighted by Crippen LogP contribution is -2.34. The first-order valence-corrected chi connectivity index (χ1v) is 7.90. The Kier molecular flexibility index (Phi) is 5.90. The van der Waals surface area contributed by atoms with E-state index >= 15 is 0 Å². The van der Waals surface area contributed by atoms with Crippen molar-refractivity contribution in [2.24, 2.45) is 0 Å². The molecule has 0 aliphatic carbocycles. The van der Waals surface area contributed by atoms with Crippen LogP contribution in [0.4, 0.5) is 5.69 Å². The summed E-state index contributed by atoms with van der Waals surface area (Å²) >= 11 is 11.0. The van der Waals surface area contributed by atoms with Crippen molar-refractivity contribution in [2.45, 2.75) is 13.8 Å². The molecule has 0 heterocycles. The number of anilines is 1. The normalized spacial score (nSPS) is 10.6. The molecule has 0 aliphatic rings. The molecule has 2 N–H and O–H groups in total. The molecule has 0 fully saturated rings. The summed E-state index contributed by atoms with van der Waals surface area (Å²) in [4.78, 5) is 12.1. The van der Waals surface area contributed by atoms with Gasteiger partial charge in [0.2, 0.25) is 0 Å². The van der Waals surface area contributed by atoms with Gasteiger partial charge in [0, 0.05) is 21.8 Å². The molecule has 0 atom stereocenters. The number of halogens is 1. The smallest absolute Gasteiger partial charge is 0.257 e. The predicted octanol–water partition coefficient (Wildman–Crippen LogP) is 4.81. The van der Waals surface area contributed by atoms with Gasteiger partial charge in [0.25, 0.3) is 5.91 Å². The van der Waals surface area contributed by atoms with Gasteiger partial charge in [0.15, 0.2) is 5.11 Å². The molecule has 0 unspecified atom stereocenters. The minimum Gasteiger partial charge on any atom is -0.332 e. The Morgan fingerprint density at radius 2 is 1.87 bits per heavy atom. The number of rotatable bonds is 3. The molecule has 0 saturated heterocycles. The van der Waals surface area contributed by atoms with Crippen molar-refractivity contribution in [3.63, 3.8) is 0 Å². The molecule has 0 spiro atoms. The average molecular weight is 345 g/mol. The Morgan fingerprint density at radius 3 is 2.52 bits per heavy atom. The Morgan fingerprint density at radius 1 is 1.17 bits per heavy atom. The molecule has 3 nitrogen and oxygen atoms in total. The Balaban J connectivity index is 2.09. The van der Waals surface area contributed by atoms with Crippen molar-refractivity contribution in [1.29, 1.82) is 0 Å². The lowest BCUT2D eigenvalue weighted by Gasteiger charge is -2.13. The van der Waals surface area contributed by atoms with E-state index in [4.69, 9.17) is 23.8 Å². The zero-order valence-electron chi connectivity index (χ0n) is 12.9. The quantitative estimate of drug-likeness (QED) is 0.785. The fourth-order valence-electron chi connectivity index (χ4n) is 2.11. The fraction of sp³-hybridized carbons (Fsp3) is 0.111. The third-order valence-electron chi connectivity index (χ3n) is 3.24. The minimum absolute atomic E-state index is 0.251. The van der Waals surface area contributed by atoms with E-state index < -0.39 is 0 Å².